The van der Waals surface area contributed by atoms with Gasteiger partial charge in [-0.25, -0.2) is 4.79 Å². The van der Waals surface area contributed by atoms with Crippen molar-refractivity contribution < 1.29 is 34.5 Å². The van der Waals surface area contributed by atoms with Crippen molar-refractivity contribution in [2.24, 2.45) is 0 Å². The Morgan fingerprint density at radius 2 is 1.88 bits per heavy atom. The standard InChI is InChI=1S/C15H21N3O7/c1-8(20)16-11-13(22)12(21)10(7-19)24-14(11)18-25-15(23)17-9-5-3-2-4-6-9/h2-6,10-14,18-19,21-22H,7H2,1H3,(H,16,20)(H,17,23)/t10-,11-,12-,13-,14+/m1/s1. The van der Waals surface area contributed by atoms with Crippen LogP contribution in [-0.2, 0) is 14.4 Å². The van der Waals surface area contributed by atoms with E-state index in [-0.39, 0.29) is 0 Å². The third-order valence-electron chi connectivity index (χ3n) is 3.58. The molecule has 5 atom stereocenters. The third kappa shape index (κ3) is 5.11. The number of anilines is 1. The minimum atomic E-state index is -1.44. The molecule has 0 saturated carbocycles. The van der Waals surface area contributed by atoms with Gasteiger partial charge in [0, 0.05) is 12.6 Å². The largest absolute Gasteiger partial charge is 0.430 e. The minimum absolute atomic E-state index is 0.483. The Balaban J connectivity index is 1.98. The third-order valence-corrected chi connectivity index (χ3v) is 3.58. The van der Waals surface area contributed by atoms with Crippen LogP contribution in [-0.4, -0.2) is 64.5 Å². The minimum Gasteiger partial charge on any atom is -0.394 e. The maximum Gasteiger partial charge on any atom is 0.430 e. The molecule has 0 unspecified atom stereocenters. The quantitative estimate of drug-likeness (QED) is 0.356. The second-order valence-electron chi connectivity index (χ2n) is 5.48. The number of para-hydroxylation sites is 1. The molecule has 2 rings (SSSR count). The number of ether oxygens (including phenoxy) is 1. The number of carbonyl (C=O) groups is 2. The fourth-order valence-electron chi connectivity index (χ4n) is 2.39. The van der Waals surface area contributed by atoms with Crippen molar-refractivity contribution >= 4 is 17.7 Å². The van der Waals surface area contributed by atoms with Crippen molar-refractivity contribution in [3.63, 3.8) is 0 Å². The highest BCUT2D eigenvalue weighted by atomic mass is 16.7. The number of nitrogens with one attached hydrogen (secondary N) is 3. The lowest BCUT2D eigenvalue weighted by Crippen LogP contribution is -2.67. The van der Waals surface area contributed by atoms with Gasteiger partial charge in [0.15, 0.2) is 6.23 Å². The second kappa shape index (κ2) is 8.74. The van der Waals surface area contributed by atoms with Gasteiger partial charge in [-0.15, -0.1) is 5.48 Å². The van der Waals surface area contributed by atoms with Gasteiger partial charge in [-0.1, -0.05) is 18.2 Å². The van der Waals surface area contributed by atoms with Crippen LogP contribution < -0.4 is 16.1 Å². The van der Waals surface area contributed by atoms with Crippen LogP contribution >= 0.6 is 0 Å². The summed E-state index contributed by atoms with van der Waals surface area (Å²) in [5, 5.41) is 34.0. The molecule has 0 bridgehead atoms. The van der Waals surface area contributed by atoms with Crippen molar-refractivity contribution in [2.45, 2.75) is 37.5 Å². The molecule has 0 spiro atoms. The average Bonchev–Trinajstić information content (AvgIpc) is 2.59. The Kier molecular flexibility index (Phi) is 6.67. The van der Waals surface area contributed by atoms with Crippen molar-refractivity contribution in [1.29, 1.82) is 0 Å². The molecule has 0 aliphatic carbocycles. The first kappa shape index (κ1) is 19.1. The molecular formula is C15H21N3O7. The molecule has 2 amide bonds. The Bertz CT molecular complexity index is 586. The normalized spacial score (nSPS) is 28.9. The highest BCUT2D eigenvalue weighted by molar-refractivity contribution is 5.84. The molecule has 1 aromatic rings. The van der Waals surface area contributed by atoms with Gasteiger partial charge in [0.05, 0.1) is 12.6 Å². The van der Waals surface area contributed by atoms with E-state index in [9.17, 15) is 24.9 Å². The zero-order chi connectivity index (χ0) is 18.4. The topological polar surface area (TPSA) is 149 Å². The van der Waals surface area contributed by atoms with Gasteiger partial charge in [0.25, 0.3) is 0 Å². The summed E-state index contributed by atoms with van der Waals surface area (Å²) in [4.78, 5) is 27.9. The average molecular weight is 355 g/mol. The fraction of sp³-hybridized carbons (Fsp3) is 0.467. The van der Waals surface area contributed by atoms with E-state index in [4.69, 9.17) is 9.57 Å². The highest BCUT2D eigenvalue weighted by Gasteiger charge is 2.45. The van der Waals surface area contributed by atoms with E-state index in [0.29, 0.717) is 5.69 Å². The molecule has 6 N–H and O–H groups in total. The van der Waals surface area contributed by atoms with Gasteiger partial charge in [-0.05, 0) is 12.1 Å². The number of benzene rings is 1. The molecule has 1 aliphatic heterocycles. The van der Waals surface area contributed by atoms with Crippen LogP contribution in [0.1, 0.15) is 6.92 Å². The smallest absolute Gasteiger partial charge is 0.394 e. The first-order valence-corrected chi connectivity index (χ1v) is 7.60. The van der Waals surface area contributed by atoms with Gasteiger partial charge in [-0.2, -0.15) is 0 Å². The molecule has 10 heteroatoms. The van der Waals surface area contributed by atoms with E-state index >= 15 is 0 Å². The number of hydroxylamine groups is 1. The van der Waals surface area contributed by atoms with Gasteiger partial charge in [0.2, 0.25) is 5.91 Å². The SMILES string of the molecule is CC(=O)N[C@@H]1[C@@H](O)[C@H](O)[C@@H](CO)O[C@@H]1NOC(=O)Nc1ccccc1. The molecule has 1 fully saturated rings. The van der Waals surface area contributed by atoms with Crippen LogP contribution in [0.25, 0.3) is 0 Å². The Morgan fingerprint density at radius 3 is 2.48 bits per heavy atom. The molecule has 1 saturated heterocycles. The van der Waals surface area contributed by atoms with Gasteiger partial charge in [-0.3, -0.25) is 10.1 Å². The number of amides is 2. The zero-order valence-corrected chi connectivity index (χ0v) is 13.5. The van der Waals surface area contributed by atoms with Crippen molar-refractivity contribution in [1.82, 2.24) is 10.8 Å². The number of aliphatic hydroxyl groups excluding tert-OH is 3. The lowest BCUT2D eigenvalue weighted by atomic mass is 9.96. The summed E-state index contributed by atoms with van der Waals surface area (Å²) in [6.45, 7) is 0.649. The van der Waals surface area contributed by atoms with E-state index < -0.39 is 49.2 Å². The molecule has 10 nitrogen and oxygen atoms in total. The summed E-state index contributed by atoms with van der Waals surface area (Å²) in [5.74, 6) is -0.483. The van der Waals surface area contributed by atoms with Crippen LogP contribution in [0.2, 0.25) is 0 Å². The number of aliphatic hydroxyl groups is 3. The van der Waals surface area contributed by atoms with E-state index in [2.05, 4.69) is 16.1 Å². The summed E-state index contributed by atoms with van der Waals surface area (Å²) in [5.41, 5.74) is 2.78. The molecule has 1 aromatic carbocycles. The number of carbonyl (C=O) groups excluding carboxylic acids is 2. The Morgan fingerprint density at radius 1 is 1.20 bits per heavy atom. The van der Waals surface area contributed by atoms with Gasteiger partial charge >= 0.3 is 6.09 Å². The van der Waals surface area contributed by atoms with Crippen molar-refractivity contribution in [3.8, 4) is 0 Å². The Hall–Kier alpha value is -2.24. The van der Waals surface area contributed by atoms with E-state index in [1.165, 1.54) is 6.92 Å². The van der Waals surface area contributed by atoms with Gasteiger partial charge in [0.1, 0.15) is 18.3 Å². The van der Waals surface area contributed by atoms with E-state index in [0.717, 1.165) is 0 Å². The van der Waals surface area contributed by atoms with Crippen LogP contribution in [0.3, 0.4) is 0 Å². The lowest BCUT2D eigenvalue weighted by molar-refractivity contribution is -0.221. The first-order valence-electron chi connectivity index (χ1n) is 7.60. The Labute approximate surface area is 143 Å². The maximum atomic E-state index is 11.8. The molecule has 0 radical (unpaired) electrons. The monoisotopic (exact) mass is 355 g/mol. The predicted molar refractivity (Wildman–Crippen MR) is 85.0 cm³/mol. The van der Waals surface area contributed by atoms with E-state index in [1.54, 1.807) is 30.3 Å². The number of rotatable bonds is 5. The molecule has 1 heterocycles. The fourth-order valence-corrected chi connectivity index (χ4v) is 2.39. The summed E-state index contributed by atoms with van der Waals surface area (Å²) in [6.07, 6.45) is -6.00. The number of hydrogen-bond acceptors (Lipinski definition) is 8. The molecular weight excluding hydrogens is 334 g/mol. The van der Waals surface area contributed by atoms with Crippen LogP contribution in [0, 0.1) is 0 Å². The predicted octanol–water partition coefficient (Wildman–Crippen LogP) is -1.32. The lowest BCUT2D eigenvalue weighted by Gasteiger charge is -2.42. The summed E-state index contributed by atoms with van der Waals surface area (Å²) < 4.78 is 5.34. The van der Waals surface area contributed by atoms with Crippen molar-refractivity contribution in [2.75, 3.05) is 11.9 Å². The summed E-state index contributed by atoms with van der Waals surface area (Å²) in [7, 11) is 0. The first-order chi connectivity index (χ1) is 11.9. The summed E-state index contributed by atoms with van der Waals surface area (Å²) >= 11 is 0. The van der Waals surface area contributed by atoms with Crippen molar-refractivity contribution in [3.05, 3.63) is 30.3 Å². The number of hydrogen-bond donors (Lipinski definition) is 6. The molecule has 138 valence electrons. The highest BCUT2D eigenvalue weighted by Crippen LogP contribution is 2.20. The van der Waals surface area contributed by atoms with Gasteiger partial charge < -0.3 is 30.2 Å². The van der Waals surface area contributed by atoms with Crippen LogP contribution in [0.5, 0.6) is 0 Å². The molecule has 1 aliphatic rings. The zero-order valence-electron chi connectivity index (χ0n) is 13.5. The van der Waals surface area contributed by atoms with Crippen LogP contribution in [0.15, 0.2) is 30.3 Å². The van der Waals surface area contributed by atoms with E-state index in [1.807, 2.05) is 0 Å². The summed E-state index contributed by atoms with van der Waals surface area (Å²) in [6, 6.07) is 7.44. The van der Waals surface area contributed by atoms with Crippen LogP contribution in [0.4, 0.5) is 10.5 Å². The second-order valence-corrected chi connectivity index (χ2v) is 5.48. The maximum absolute atomic E-state index is 11.8. The molecule has 25 heavy (non-hydrogen) atoms. The molecule has 0 aromatic heterocycles.